The van der Waals surface area contributed by atoms with Gasteiger partial charge in [0.05, 0.1) is 37.1 Å². The number of aromatic nitrogens is 6. The predicted molar refractivity (Wildman–Crippen MR) is 192 cm³/mol. The molecule has 2 aromatic carbocycles. The van der Waals surface area contributed by atoms with E-state index in [1.54, 1.807) is 52.4 Å². The fourth-order valence-corrected chi connectivity index (χ4v) is 7.01. The third-order valence-electron chi connectivity index (χ3n) is 9.73. The van der Waals surface area contributed by atoms with Gasteiger partial charge in [0.2, 0.25) is 5.91 Å². The topological polar surface area (TPSA) is 125 Å². The van der Waals surface area contributed by atoms with Crippen LogP contribution in [-0.4, -0.2) is 97.9 Å². The Hall–Kier alpha value is -6.11. The maximum atomic E-state index is 16.7. The number of para-hydroxylation sites is 1. The van der Waals surface area contributed by atoms with Crippen molar-refractivity contribution in [1.82, 2.24) is 39.7 Å². The van der Waals surface area contributed by atoms with Gasteiger partial charge in [-0.25, -0.2) is 9.37 Å². The second-order valence-corrected chi connectivity index (χ2v) is 12.7. The molecule has 258 valence electrons. The van der Waals surface area contributed by atoms with Gasteiger partial charge in [0.15, 0.2) is 5.82 Å². The normalized spacial score (nSPS) is 15.0. The molecule has 1 fully saturated rings. The molecule has 1 N–H and O–H groups in total. The highest BCUT2D eigenvalue weighted by atomic mass is 19.1. The number of hydrogen-bond donors (Lipinski definition) is 1. The first-order valence-electron chi connectivity index (χ1n) is 17.0. The number of benzene rings is 2. The van der Waals surface area contributed by atoms with Gasteiger partial charge in [0, 0.05) is 80.0 Å². The fourth-order valence-electron chi connectivity index (χ4n) is 7.01. The molecule has 12 nitrogen and oxygen atoms in total. The van der Waals surface area contributed by atoms with Crippen LogP contribution in [0.3, 0.4) is 0 Å². The molecule has 0 bridgehead atoms. The van der Waals surface area contributed by atoms with Crippen LogP contribution in [0.5, 0.6) is 5.75 Å². The zero-order valence-electron chi connectivity index (χ0n) is 28.1. The number of carbonyl (C=O) groups is 2. The molecule has 0 radical (unpaired) electrons. The molecular weight excluding hydrogens is 649 g/mol. The van der Waals surface area contributed by atoms with Crippen molar-refractivity contribution in [3.63, 3.8) is 0 Å². The SMILES string of the molecule is COc1ccccc1-c1cc(C2=CCCN(C(=O)CCn3ccnn3)C2)c(F)c2[nH]c(C(=O)N3CCN(c4ccc5ccncc5n4)CC3)cc12. The first kappa shape index (κ1) is 32.1. The van der Waals surface area contributed by atoms with Crippen molar-refractivity contribution in [3.8, 4) is 16.9 Å². The second-order valence-electron chi connectivity index (χ2n) is 12.7. The summed E-state index contributed by atoms with van der Waals surface area (Å²) in [4.78, 5) is 45.0. The molecule has 0 aliphatic carbocycles. The molecule has 2 aliphatic rings. The average Bonchev–Trinajstić information content (AvgIpc) is 3.88. The van der Waals surface area contributed by atoms with Gasteiger partial charge < -0.3 is 24.4 Å². The molecule has 13 heteroatoms. The van der Waals surface area contributed by atoms with Crippen molar-refractivity contribution in [2.45, 2.75) is 19.4 Å². The zero-order valence-corrected chi connectivity index (χ0v) is 28.1. The van der Waals surface area contributed by atoms with E-state index in [9.17, 15) is 9.59 Å². The highest BCUT2D eigenvalue weighted by molar-refractivity contribution is 6.05. The molecule has 51 heavy (non-hydrogen) atoms. The number of methoxy groups -OCH3 is 1. The molecule has 6 heterocycles. The lowest BCUT2D eigenvalue weighted by molar-refractivity contribution is -0.131. The van der Waals surface area contributed by atoms with Crippen LogP contribution in [-0.2, 0) is 11.3 Å². The van der Waals surface area contributed by atoms with E-state index in [1.165, 1.54) is 0 Å². The molecule has 0 atom stereocenters. The Morgan fingerprint density at radius 1 is 0.941 bits per heavy atom. The standard InChI is InChI=1S/C38H36FN9O3/c1-51-33-7-3-2-6-27(33)29-21-28(26-5-4-14-47(24-26)35(49)11-15-48-16-13-41-44-48)36(39)37-30(29)22-31(43-37)38(50)46-19-17-45(18-20-46)34-9-8-25-10-12-40-23-32(25)42-34/h2-3,5-10,12-13,16,21-23,43H,4,11,14-15,17-20,24H2,1H3. The number of anilines is 1. The van der Waals surface area contributed by atoms with Crippen LogP contribution in [0.25, 0.3) is 38.5 Å². The van der Waals surface area contributed by atoms with Gasteiger partial charge >= 0.3 is 0 Å². The third-order valence-corrected chi connectivity index (χ3v) is 9.73. The molecular formula is C38H36FN9O3. The Morgan fingerprint density at radius 2 is 1.80 bits per heavy atom. The number of halogens is 1. The molecule has 6 aromatic rings. The van der Waals surface area contributed by atoms with Crippen molar-refractivity contribution < 1.29 is 18.7 Å². The fraction of sp³-hybridized carbons (Fsp3) is 0.263. The summed E-state index contributed by atoms with van der Waals surface area (Å²) in [6.07, 6.45) is 9.64. The number of pyridine rings is 2. The number of nitrogens with one attached hydrogen (secondary N) is 1. The largest absolute Gasteiger partial charge is 0.496 e. The minimum absolute atomic E-state index is 0.0382. The monoisotopic (exact) mass is 685 g/mol. The van der Waals surface area contributed by atoms with Gasteiger partial charge in [-0.2, -0.15) is 0 Å². The maximum absolute atomic E-state index is 16.7. The van der Waals surface area contributed by atoms with E-state index in [4.69, 9.17) is 9.72 Å². The second kappa shape index (κ2) is 13.7. The predicted octanol–water partition coefficient (Wildman–Crippen LogP) is 5.19. The Kier molecular flexibility index (Phi) is 8.60. The van der Waals surface area contributed by atoms with E-state index < -0.39 is 5.82 Å². The number of fused-ring (bicyclic) bond motifs is 2. The summed E-state index contributed by atoms with van der Waals surface area (Å²) in [5.74, 6) is 0.768. The molecule has 2 amide bonds. The van der Waals surface area contributed by atoms with E-state index in [0.717, 1.165) is 27.8 Å². The molecule has 0 spiro atoms. The van der Waals surface area contributed by atoms with Crippen LogP contribution in [0.15, 0.2) is 85.5 Å². The molecule has 8 rings (SSSR count). The van der Waals surface area contributed by atoms with Gasteiger partial charge in [0.25, 0.3) is 5.91 Å². The lowest BCUT2D eigenvalue weighted by Gasteiger charge is -2.35. The Bertz CT molecular complexity index is 2280. The number of aryl methyl sites for hydroxylation is 1. The molecule has 4 aromatic heterocycles. The Balaban J connectivity index is 1.08. The Labute approximate surface area is 293 Å². The highest BCUT2D eigenvalue weighted by Crippen LogP contribution is 2.40. The van der Waals surface area contributed by atoms with E-state index in [1.807, 2.05) is 54.6 Å². The van der Waals surface area contributed by atoms with E-state index in [0.29, 0.717) is 73.7 Å². The van der Waals surface area contributed by atoms with Crippen LogP contribution in [0.2, 0.25) is 0 Å². The van der Waals surface area contributed by atoms with E-state index >= 15 is 4.39 Å². The molecule has 2 aliphatic heterocycles. The summed E-state index contributed by atoms with van der Waals surface area (Å²) in [5, 5.41) is 9.35. The molecule has 1 saturated heterocycles. The lowest BCUT2D eigenvalue weighted by atomic mass is 9.93. The van der Waals surface area contributed by atoms with Crippen LogP contribution in [0.1, 0.15) is 28.9 Å². The first-order valence-corrected chi connectivity index (χ1v) is 17.0. The minimum atomic E-state index is -0.465. The van der Waals surface area contributed by atoms with Crippen molar-refractivity contribution >= 4 is 45.0 Å². The number of rotatable bonds is 8. The summed E-state index contributed by atoms with van der Waals surface area (Å²) in [5.41, 5.74) is 3.96. The number of nitrogens with zero attached hydrogens (tertiary/aromatic N) is 8. The molecule has 0 unspecified atom stereocenters. The quantitative estimate of drug-likeness (QED) is 0.232. The summed E-state index contributed by atoms with van der Waals surface area (Å²) in [6, 6.07) is 17.1. The van der Waals surface area contributed by atoms with Gasteiger partial charge in [-0.1, -0.05) is 29.5 Å². The number of H-pyrrole nitrogens is 1. The van der Waals surface area contributed by atoms with Crippen molar-refractivity contribution in [2.75, 3.05) is 51.3 Å². The summed E-state index contributed by atoms with van der Waals surface area (Å²) < 4.78 is 24.0. The van der Waals surface area contributed by atoms with Gasteiger partial charge in [-0.05, 0) is 54.0 Å². The number of aromatic amines is 1. The van der Waals surface area contributed by atoms with E-state index in [-0.39, 0.29) is 30.3 Å². The van der Waals surface area contributed by atoms with E-state index in [2.05, 4.69) is 25.2 Å². The lowest BCUT2D eigenvalue weighted by Crippen LogP contribution is -2.49. The number of ether oxygens (including phenoxy) is 1. The third kappa shape index (κ3) is 6.26. The van der Waals surface area contributed by atoms with Gasteiger partial charge in [-0.3, -0.25) is 19.3 Å². The summed E-state index contributed by atoms with van der Waals surface area (Å²) in [6.45, 7) is 3.42. The van der Waals surface area contributed by atoms with Crippen LogP contribution in [0, 0.1) is 5.82 Å². The number of amides is 2. The first-order chi connectivity index (χ1) is 25.0. The van der Waals surface area contributed by atoms with Gasteiger partial charge in [0.1, 0.15) is 17.3 Å². The summed E-state index contributed by atoms with van der Waals surface area (Å²) >= 11 is 0. The summed E-state index contributed by atoms with van der Waals surface area (Å²) in [7, 11) is 1.60. The Morgan fingerprint density at radius 3 is 2.63 bits per heavy atom. The maximum Gasteiger partial charge on any atom is 0.270 e. The highest BCUT2D eigenvalue weighted by Gasteiger charge is 2.28. The van der Waals surface area contributed by atoms with Crippen molar-refractivity contribution in [3.05, 3.63) is 103 Å². The average molecular weight is 686 g/mol. The van der Waals surface area contributed by atoms with Crippen LogP contribution in [0.4, 0.5) is 10.2 Å². The number of carbonyl (C=O) groups excluding carboxylic acids is 2. The van der Waals surface area contributed by atoms with Crippen molar-refractivity contribution in [1.29, 1.82) is 0 Å². The molecule has 0 saturated carbocycles. The number of hydrogen-bond acceptors (Lipinski definition) is 8. The smallest absolute Gasteiger partial charge is 0.270 e. The van der Waals surface area contributed by atoms with Crippen molar-refractivity contribution in [2.24, 2.45) is 0 Å². The van der Waals surface area contributed by atoms with Gasteiger partial charge in [-0.15, -0.1) is 5.10 Å². The number of piperazine rings is 1. The minimum Gasteiger partial charge on any atom is -0.496 e. The van der Waals surface area contributed by atoms with Crippen LogP contribution < -0.4 is 9.64 Å². The van der Waals surface area contributed by atoms with Crippen LogP contribution >= 0.6 is 0 Å². The zero-order chi connectivity index (χ0) is 34.9.